The number of fused-ring (bicyclic) bond motifs is 1. The summed E-state index contributed by atoms with van der Waals surface area (Å²) in [7, 11) is 1.85. The molecule has 1 aliphatic heterocycles. The minimum absolute atomic E-state index is 0.0167. The molecule has 28 heavy (non-hydrogen) atoms. The van der Waals surface area contributed by atoms with Crippen LogP contribution in [-0.4, -0.2) is 40.9 Å². The van der Waals surface area contributed by atoms with E-state index < -0.39 is 0 Å². The average molecular weight is 372 g/mol. The van der Waals surface area contributed by atoms with Gasteiger partial charge in [-0.2, -0.15) is 0 Å². The summed E-state index contributed by atoms with van der Waals surface area (Å²) in [5.41, 5.74) is 4.37. The zero-order valence-corrected chi connectivity index (χ0v) is 16.1. The Morgan fingerprint density at radius 2 is 1.93 bits per heavy atom. The van der Waals surface area contributed by atoms with Gasteiger partial charge in [0.2, 0.25) is 0 Å². The molecule has 4 rings (SSSR count). The summed E-state index contributed by atoms with van der Waals surface area (Å²) in [6, 6.07) is 16.1. The number of para-hydroxylation sites is 1. The van der Waals surface area contributed by atoms with Crippen LogP contribution in [0.25, 0.3) is 0 Å². The maximum absolute atomic E-state index is 12.9. The highest BCUT2D eigenvalue weighted by molar-refractivity contribution is 5.95. The number of benzene rings is 1. The van der Waals surface area contributed by atoms with Crippen molar-refractivity contribution in [3.63, 3.8) is 0 Å². The van der Waals surface area contributed by atoms with Gasteiger partial charge in [-0.3, -0.25) is 9.78 Å². The summed E-state index contributed by atoms with van der Waals surface area (Å²) in [4.78, 5) is 25.5. The average Bonchev–Trinajstić information content (AvgIpc) is 2.77. The van der Waals surface area contributed by atoms with Crippen LogP contribution in [0.2, 0.25) is 0 Å². The van der Waals surface area contributed by atoms with Crippen LogP contribution in [-0.2, 0) is 12.8 Å². The highest BCUT2D eigenvalue weighted by Crippen LogP contribution is 2.32. The van der Waals surface area contributed by atoms with Crippen LogP contribution < -0.4 is 4.90 Å². The summed E-state index contributed by atoms with van der Waals surface area (Å²) in [5.74, 6) is 0.850. The number of anilines is 2. The van der Waals surface area contributed by atoms with Gasteiger partial charge in [-0.05, 0) is 60.7 Å². The summed E-state index contributed by atoms with van der Waals surface area (Å²) in [5, 5.41) is 0. The summed E-state index contributed by atoms with van der Waals surface area (Å²) in [6.45, 7) is 1.58. The molecule has 0 bridgehead atoms. The number of aromatic nitrogens is 2. The number of nitrogens with zero attached hydrogens (tertiary/aromatic N) is 4. The van der Waals surface area contributed by atoms with E-state index in [1.807, 2.05) is 25.2 Å². The van der Waals surface area contributed by atoms with Crippen LogP contribution in [0.3, 0.4) is 0 Å². The lowest BCUT2D eigenvalue weighted by molar-refractivity contribution is 0.0796. The molecule has 3 heterocycles. The SMILES string of the molecule is CN(CCc1ccncc1)C(=O)c1ccnc(N2CCCc3ccccc32)c1. The number of carbonyl (C=O) groups is 1. The third-order valence-electron chi connectivity index (χ3n) is 5.21. The second kappa shape index (κ2) is 8.21. The van der Waals surface area contributed by atoms with Gasteiger partial charge in [0.25, 0.3) is 5.91 Å². The molecular weight excluding hydrogens is 348 g/mol. The van der Waals surface area contributed by atoms with Gasteiger partial charge >= 0.3 is 0 Å². The highest BCUT2D eigenvalue weighted by atomic mass is 16.2. The Kier molecular flexibility index (Phi) is 5.33. The van der Waals surface area contributed by atoms with Crippen molar-refractivity contribution in [1.29, 1.82) is 0 Å². The quantitative estimate of drug-likeness (QED) is 0.682. The number of carbonyl (C=O) groups excluding carboxylic acids is 1. The van der Waals surface area contributed by atoms with Crippen molar-refractivity contribution in [2.45, 2.75) is 19.3 Å². The molecule has 5 nitrogen and oxygen atoms in total. The zero-order valence-electron chi connectivity index (χ0n) is 16.1. The van der Waals surface area contributed by atoms with Crippen LogP contribution >= 0.6 is 0 Å². The molecular formula is C23H24N4O. The fraction of sp³-hybridized carbons (Fsp3) is 0.261. The summed E-state index contributed by atoms with van der Waals surface area (Å²) in [6.07, 6.45) is 8.27. The molecule has 0 unspecified atom stereocenters. The molecule has 0 fully saturated rings. The second-order valence-corrected chi connectivity index (χ2v) is 7.12. The number of aryl methyl sites for hydroxylation is 1. The highest BCUT2D eigenvalue weighted by Gasteiger charge is 2.20. The topological polar surface area (TPSA) is 49.3 Å². The van der Waals surface area contributed by atoms with E-state index in [0.717, 1.165) is 31.6 Å². The minimum Gasteiger partial charge on any atom is -0.341 e. The second-order valence-electron chi connectivity index (χ2n) is 7.12. The number of likely N-dealkylation sites (N-methyl/N-ethyl adjacent to an activating group) is 1. The van der Waals surface area contributed by atoms with Crippen molar-refractivity contribution in [3.05, 3.63) is 83.8 Å². The Bertz CT molecular complexity index is 958. The van der Waals surface area contributed by atoms with E-state index in [1.54, 1.807) is 29.6 Å². The summed E-state index contributed by atoms with van der Waals surface area (Å²) >= 11 is 0. The largest absolute Gasteiger partial charge is 0.341 e. The Hall–Kier alpha value is -3.21. The van der Waals surface area contributed by atoms with Gasteiger partial charge in [-0.15, -0.1) is 0 Å². The van der Waals surface area contributed by atoms with Crippen molar-refractivity contribution in [1.82, 2.24) is 14.9 Å². The monoisotopic (exact) mass is 372 g/mol. The van der Waals surface area contributed by atoms with E-state index in [-0.39, 0.29) is 5.91 Å². The first-order valence-corrected chi connectivity index (χ1v) is 9.68. The van der Waals surface area contributed by atoms with Crippen molar-refractivity contribution in [2.75, 3.05) is 25.0 Å². The van der Waals surface area contributed by atoms with Gasteiger partial charge in [0.15, 0.2) is 0 Å². The Morgan fingerprint density at radius 3 is 2.79 bits per heavy atom. The molecule has 0 N–H and O–H groups in total. The van der Waals surface area contributed by atoms with Crippen LogP contribution in [0.1, 0.15) is 27.9 Å². The first kappa shape index (κ1) is 18.2. The Labute approximate surface area is 165 Å². The number of hydrogen-bond donors (Lipinski definition) is 0. The van der Waals surface area contributed by atoms with E-state index in [4.69, 9.17) is 0 Å². The lowest BCUT2D eigenvalue weighted by atomic mass is 10.0. The molecule has 1 amide bonds. The molecule has 0 radical (unpaired) electrons. The molecule has 0 saturated heterocycles. The molecule has 0 atom stereocenters. The fourth-order valence-electron chi connectivity index (χ4n) is 3.64. The lowest BCUT2D eigenvalue weighted by Gasteiger charge is -2.30. The van der Waals surface area contributed by atoms with Crippen LogP contribution in [0.15, 0.2) is 67.1 Å². The molecule has 3 aromatic rings. The molecule has 142 valence electrons. The first-order valence-electron chi connectivity index (χ1n) is 9.68. The first-order chi connectivity index (χ1) is 13.7. The van der Waals surface area contributed by atoms with Gasteiger partial charge in [0.05, 0.1) is 0 Å². The molecule has 0 spiro atoms. The zero-order chi connectivity index (χ0) is 19.3. The molecule has 1 aromatic carbocycles. The Morgan fingerprint density at radius 1 is 1.11 bits per heavy atom. The molecule has 5 heteroatoms. The molecule has 0 aliphatic carbocycles. The van der Waals surface area contributed by atoms with Crippen molar-refractivity contribution in [2.24, 2.45) is 0 Å². The van der Waals surface area contributed by atoms with E-state index >= 15 is 0 Å². The lowest BCUT2D eigenvalue weighted by Crippen LogP contribution is -2.29. The Balaban J connectivity index is 1.50. The van der Waals surface area contributed by atoms with Crippen molar-refractivity contribution >= 4 is 17.4 Å². The molecule has 1 aliphatic rings. The third kappa shape index (κ3) is 3.88. The van der Waals surface area contributed by atoms with Gasteiger partial charge in [-0.25, -0.2) is 4.98 Å². The minimum atomic E-state index is 0.0167. The van der Waals surface area contributed by atoms with Gasteiger partial charge in [0, 0.05) is 50.0 Å². The molecule has 0 saturated carbocycles. The predicted octanol–water partition coefficient (Wildman–Crippen LogP) is 3.88. The standard InChI is InChI=1S/C23H24N4O/c1-26(16-11-18-8-12-24-13-9-18)23(28)20-10-14-25-22(17-20)27-15-4-6-19-5-2-3-7-21(19)27/h2-3,5,7-10,12-14,17H,4,6,11,15-16H2,1H3. The predicted molar refractivity (Wildman–Crippen MR) is 111 cm³/mol. The number of rotatable bonds is 5. The number of amides is 1. The van der Waals surface area contributed by atoms with Crippen LogP contribution in [0.5, 0.6) is 0 Å². The normalized spacial score (nSPS) is 13.1. The molecule has 2 aromatic heterocycles. The van der Waals surface area contributed by atoms with E-state index in [9.17, 15) is 4.79 Å². The van der Waals surface area contributed by atoms with Gasteiger partial charge < -0.3 is 9.80 Å². The van der Waals surface area contributed by atoms with Gasteiger partial charge in [0.1, 0.15) is 5.82 Å². The number of pyridine rings is 2. The van der Waals surface area contributed by atoms with Crippen molar-refractivity contribution < 1.29 is 4.79 Å². The maximum Gasteiger partial charge on any atom is 0.253 e. The third-order valence-corrected chi connectivity index (χ3v) is 5.21. The fourth-order valence-corrected chi connectivity index (χ4v) is 3.64. The smallest absolute Gasteiger partial charge is 0.253 e. The van der Waals surface area contributed by atoms with E-state index in [2.05, 4.69) is 39.1 Å². The van der Waals surface area contributed by atoms with Gasteiger partial charge in [-0.1, -0.05) is 18.2 Å². The summed E-state index contributed by atoms with van der Waals surface area (Å²) < 4.78 is 0. The van der Waals surface area contributed by atoms with Crippen LogP contribution in [0.4, 0.5) is 11.5 Å². The van der Waals surface area contributed by atoms with Crippen LogP contribution in [0, 0.1) is 0 Å². The van der Waals surface area contributed by atoms with Crippen molar-refractivity contribution in [3.8, 4) is 0 Å². The maximum atomic E-state index is 12.9. The van der Waals surface area contributed by atoms with E-state index in [0.29, 0.717) is 12.1 Å². The van der Waals surface area contributed by atoms with E-state index in [1.165, 1.54) is 16.8 Å². The number of hydrogen-bond acceptors (Lipinski definition) is 4.